The quantitative estimate of drug-likeness (QED) is 0.243. The second kappa shape index (κ2) is 14.0. The van der Waals surface area contributed by atoms with E-state index in [0.717, 1.165) is 29.1 Å². The molecule has 0 heterocycles. The van der Waals surface area contributed by atoms with E-state index in [2.05, 4.69) is 0 Å². The molecule has 0 amide bonds. The van der Waals surface area contributed by atoms with Crippen molar-refractivity contribution < 1.29 is 29.3 Å². The van der Waals surface area contributed by atoms with Crippen LogP contribution in [0.2, 0.25) is 0 Å². The number of Topliss-reactive ketones (excluding diaryl/α,β-unsaturated/α-hetero) is 1. The molecule has 2 N–H and O–H groups in total. The van der Waals surface area contributed by atoms with Crippen LogP contribution in [0.25, 0.3) is 0 Å². The van der Waals surface area contributed by atoms with E-state index in [1.54, 1.807) is 24.9 Å². The second-order valence-corrected chi connectivity index (χ2v) is 11.1. The summed E-state index contributed by atoms with van der Waals surface area (Å²) in [5, 5.41) is 20.9. The summed E-state index contributed by atoms with van der Waals surface area (Å²) < 4.78 is 10.5. The fourth-order valence-electron chi connectivity index (χ4n) is 4.19. The highest BCUT2D eigenvalue weighted by Gasteiger charge is 2.39. The Morgan fingerprint density at radius 2 is 2.00 bits per heavy atom. The number of esters is 1. The molecule has 34 heavy (non-hydrogen) atoms. The molecule has 7 heteroatoms. The van der Waals surface area contributed by atoms with E-state index in [9.17, 15) is 19.8 Å². The molecule has 190 valence electrons. The number of hydrogen-bond donors (Lipinski definition) is 2. The third kappa shape index (κ3) is 10.3. The molecular weight excluding hydrogens is 452 g/mol. The zero-order valence-corrected chi connectivity index (χ0v) is 21.7. The van der Waals surface area contributed by atoms with Crippen LogP contribution in [0.15, 0.2) is 36.4 Å². The SMILES string of the molecule is COCc1cccc(C[C@H](O)/C=C/[C@@H]2[C@H](O)CC(=O)[C@@H]2CCSCCCC(=O)OC(C)(C)C)c1. The number of carbonyl (C=O) groups excluding carboxylic acids is 2. The van der Waals surface area contributed by atoms with E-state index in [1.807, 2.05) is 51.1 Å². The molecule has 2 rings (SSSR count). The minimum atomic E-state index is -0.705. The highest BCUT2D eigenvalue weighted by atomic mass is 32.2. The highest BCUT2D eigenvalue weighted by Crippen LogP contribution is 2.34. The van der Waals surface area contributed by atoms with E-state index < -0.39 is 17.8 Å². The largest absolute Gasteiger partial charge is 0.460 e. The van der Waals surface area contributed by atoms with Gasteiger partial charge < -0.3 is 19.7 Å². The summed E-state index contributed by atoms with van der Waals surface area (Å²) >= 11 is 1.71. The zero-order chi connectivity index (χ0) is 25.1. The van der Waals surface area contributed by atoms with Crippen molar-refractivity contribution in [3.8, 4) is 0 Å². The lowest BCUT2D eigenvalue weighted by Gasteiger charge is -2.19. The first-order valence-corrected chi connectivity index (χ1v) is 13.2. The number of benzene rings is 1. The summed E-state index contributed by atoms with van der Waals surface area (Å²) in [7, 11) is 1.65. The van der Waals surface area contributed by atoms with Crippen LogP contribution in [-0.4, -0.2) is 58.4 Å². The Morgan fingerprint density at radius 1 is 1.26 bits per heavy atom. The maximum absolute atomic E-state index is 12.4. The van der Waals surface area contributed by atoms with Gasteiger partial charge in [-0.05, 0) is 56.2 Å². The molecule has 0 bridgehead atoms. The van der Waals surface area contributed by atoms with Gasteiger partial charge in [-0.15, -0.1) is 0 Å². The number of aliphatic hydroxyl groups is 2. The molecule has 1 saturated carbocycles. The van der Waals surface area contributed by atoms with Gasteiger partial charge in [0, 0.05) is 38.2 Å². The van der Waals surface area contributed by atoms with Gasteiger partial charge in [-0.25, -0.2) is 0 Å². The number of carbonyl (C=O) groups is 2. The van der Waals surface area contributed by atoms with Crippen molar-refractivity contribution in [2.75, 3.05) is 18.6 Å². The van der Waals surface area contributed by atoms with E-state index in [0.29, 0.717) is 25.9 Å². The number of ketones is 1. The average Bonchev–Trinajstić information content (AvgIpc) is 3.00. The van der Waals surface area contributed by atoms with E-state index in [4.69, 9.17) is 9.47 Å². The first kappa shape index (κ1) is 28.6. The average molecular weight is 493 g/mol. The molecule has 0 aromatic heterocycles. The lowest BCUT2D eigenvalue weighted by atomic mass is 9.91. The predicted octanol–water partition coefficient (Wildman–Crippen LogP) is 4.10. The summed E-state index contributed by atoms with van der Waals surface area (Å²) in [6, 6.07) is 7.90. The third-order valence-electron chi connectivity index (χ3n) is 5.70. The van der Waals surface area contributed by atoms with Gasteiger partial charge in [0.05, 0.1) is 18.8 Å². The Hall–Kier alpha value is -1.67. The fraction of sp³-hybridized carbons (Fsp3) is 0.630. The van der Waals surface area contributed by atoms with Crippen LogP contribution in [0.1, 0.15) is 57.6 Å². The normalized spacial score (nSPS) is 21.8. The van der Waals surface area contributed by atoms with Gasteiger partial charge in [0.1, 0.15) is 11.4 Å². The number of hydrogen-bond acceptors (Lipinski definition) is 7. The van der Waals surface area contributed by atoms with Crippen molar-refractivity contribution in [3.63, 3.8) is 0 Å². The smallest absolute Gasteiger partial charge is 0.306 e. The van der Waals surface area contributed by atoms with Crippen molar-refractivity contribution in [2.45, 2.75) is 77.3 Å². The lowest BCUT2D eigenvalue weighted by Crippen LogP contribution is -2.23. The molecular formula is C27H40O6S. The summed E-state index contributed by atoms with van der Waals surface area (Å²) in [6.07, 6.45) is 4.56. The van der Waals surface area contributed by atoms with Crippen molar-refractivity contribution in [2.24, 2.45) is 11.8 Å². The Kier molecular flexibility index (Phi) is 11.8. The number of ether oxygens (including phenoxy) is 2. The van der Waals surface area contributed by atoms with Crippen molar-refractivity contribution in [1.82, 2.24) is 0 Å². The van der Waals surface area contributed by atoms with Crippen LogP contribution in [0.3, 0.4) is 0 Å². The third-order valence-corrected chi connectivity index (χ3v) is 6.80. The van der Waals surface area contributed by atoms with Crippen molar-refractivity contribution in [1.29, 1.82) is 0 Å². The highest BCUT2D eigenvalue weighted by molar-refractivity contribution is 7.99. The molecule has 1 aromatic carbocycles. The van der Waals surface area contributed by atoms with Gasteiger partial charge >= 0.3 is 5.97 Å². The molecule has 0 spiro atoms. The number of thioether (sulfide) groups is 1. The van der Waals surface area contributed by atoms with Crippen LogP contribution in [0, 0.1) is 11.8 Å². The predicted molar refractivity (Wildman–Crippen MR) is 136 cm³/mol. The summed E-state index contributed by atoms with van der Waals surface area (Å²) in [4.78, 5) is 24.2. The molecule has 6 nitrogen and oxygen atoms in total. The van der Waals surface area contributed by atoms with Gasteiger partial charge in [-0.1, -0.05) is 36.4 Å². The molecule has 1 aliphatic carbocycles. The Bertz CT molecular complexity index is 816. The van der Waals surface area contributed by atoms with E-state index in [-0.39, 0.29) is 30.0 Å². The lowest BCUT2D eigenvalue weighted by molar-refractivity contribution is -0.154. The molecule has 1 fully saturated rings. The maximum atomic E-state index is 12.4. The number of methoxy groups -OCH3 is 1. The first-order chi connectivity index (χ1) is 16.1. The van der Waals surface area contributed by atoms with E-state index in [1.165, 1.54) is 0 Å². The topological polar surface area (TPSA) is 93.1 Å². The van der Waals surface area contributed by atoms with Crippen LogP contribution < -0.4 is 0 Å². The monoisotopic (exact) mass is 492 g/mol. The first-order valence-electron chi connectivity index (χ1n) is 12.0. The molecule has 0 saturated heterocycles. The van der Waals surface area contributed by atoms with Gasteiger partial charge in [0.25, 0.3) is 0 Å². The second-order valence-electron chi connectivity index (χ2n) is 9.92. The Labute approximate surface area is 208 Å². The van der Waals surface area contributed by atoms with Gasteiger partial charge in [0.2, 0.25) is 0 Å². The molecule has 1 aromatic rings. The molecule has 0 unspecified atom stereocenters. The minimum absolute atomic E-state index is 0.0817. The Balaban J connectivity index is 1.78. The van der Waals surface area contributed by atoms with Gasteiger partial charge in [0.15, 0.2) is 0 Å². The maximum Gasteiger partial charge on any atom is 0.306 e. The summed E-state index contributed by atoms with van der Waals surface area (Å²) in [5.74, 6) is 1.00. The number of aliphatic hydroxyl groups excluding tert-OH is 2. The van der Waals surface area contributed by atoms with Crippen LogP contribution in [0.4, 0.5) is 0 Å². The van der Waals surface area contributed by atoms with Crippen molar-refractivity contribution >= 4 is 23.5 Å². The van der Waals surface area contributed by atoms with Gasteiger partial charge in [-0.3, -0.25) is 9.59 Å². The summed E-state index contributed by atoms with van der Waals surface area (Å²) in [6.45, 7) is 6.10. The van der Waals surface area contributed by atoms with E-state index >= 15 is 0 Å². The van der Waals surface area contributed by atoms with Gasteiger partial charge in [-0.2, -0.15) is 11.8 Å². The molecule has 4 atom stereocenters. The minimum Gasteiger partial charge on any atom is -0.460 e. The van der Waals surface area contributed by atoms with Crippen LogP contribution in [-0.2, 0) is 32.1 Å². The van der Waals surface area contributed by atoms with Crippen LogP contribution in [0.5, 0.6) is 0 Å². The van der Waals surface area contributed by atoms with Crippen LogP contribution >= 0.6 is 11.8 Å². The molecule has 0 radical (unpaired) electrons. The number of rotatable bonds is 13. The Morgan fingerprint density at radius 3 is 2.71 bits per heavy atom. The summed E-state index contributed by atoms with van der Waals surface area (Å²) in [5.41, 5.74) is 1.60. The standard InChI is InChI=1S/C27H40O6S/c1-27(2,3)33-26(31)9-6-13-34-14-12-23-22(24(29)17-25(23)30)11-10-21(28)16-19-7-5-8-20(15-19)18-32-4/h5,7-8,10-11,15,21-24,28-29H,6,9,12-14,16-18H2,1-4H3/b11-10+/t21-,22+,23-,24-/m1/s1. The molecule has 0 aliphatic heterocycles. The zero-order valence-electron chi connectivity index (χ0n) is 20.9. The molecule has 1 aliphatic rings. The fourth-order valence-corrected chi connectivity index (χ4v) is 5.17. The van der Waals surface area contributed by atoms with Crippen molar-refractivity contribution in [3.05, 3.63) is 47.5 Å².